The van der Waals surface area contributed by atoms with E-state index in [1.807, 2.05) is 19.1 Å². The van der Waals surface area contributed by atoms with E-state index in [4.69, 9.17) is 18.9 Å². The Hall–Kier alpha value is -2.93. The fourth-order valence-electron chi connectivity index (χ4n) is 4.29. The van der Waals surface area contributed by atoms with Crippen LogP contribution in [0, 0.1) is 0 Å². The average Bonchev–Trinajstić information content (AvgIpc) is 2.92. The predicted molar refractivity (Wildman–Crippen MR) is 114 cm³/mol. The van der Waals surface area contributed by atoms with Crippen molar-refractivity contribution in [3.63, 3.8) is 0 Å². The van der Waals surface area contributed by atoms with Gasteiger partial charge in [-0.3, -0.25) is 4.79 Å². The summed E-state index contributed by atoms with van der Waals surface area (Å²) in [7, 11) is 6.28. The van der Waals surface area contributed by atoms with Gasteiger partial charge in [-0.1, -0.05) is 0 Å². The molecule has 0 aromatic heterocycles. The van der Waals surface area contributed by atoms with Crippen LogP contribution < -0.4 is 19.5 Å². The summed E-state index contributed by atoms with van der Waals surface area (Å²) in [5.41, 5.74) is 4.32. The molecule has 30 heavy (non-hydrogen) atoms. The first-order chi connectivity index (χ1) is 14.4. The smallest absolute Gasteiger partial charge is 0.217 e. The van der Waals surface area contributed by atoms with Gasteiger partial charge in [0.05, 0.1) is 34.5 Å². The number of rotatable bonds is 5. The molecule has 0 bridgehead atoms. The minimum absolute atomic E-state index is 0.135. The first kappa shape index (κ1) is 21.8. The van der Waals surface area contributed by atoms with Gasteiger partial charge < -0.3 is 29.4 Å². The molecule has 0 heterocycles. The van der Waals surface area contributed by atoms with Crippen LogP contribution in [0.3, 0.4) is 0 Å². The van der Waals surface area contributed by atoms with Gasteiger partial charge in [0, 0.05) is 12.5 Å². The molecule has 7 heteroatoms. The van der Waals surface area contributed by atoms with Crippen LogP contribution in [0.2, 0.25) is 0 Å². The number of hydrogen-bond acceptors (Lipinski definition) is 6. The summed E-state index contributed by atoms with van der Waals surface area (Å²) in [5, 5.41) is 13.8. The first-order valence-corrected chi connectivity index (χ1v) is 9.82. The highest BCUT2D eigenvalue weighted by molar-refractivity contribution is 5.90. The lowest BCUT2D eigenvalue weighted by Gasteiger charge is -2.23. The van der Waals surface area contributed by atoms with Crippen LogP contribution >= 0.6 is 0 Å². The Balaban J connectivity index is 2.36. The van der Waals surface area contributed by atoms with Crippen LogP contribution in [0.4, 0.5) is 0 Å². The maximum atomic E-state index is 11.9. The van der Waals surface area contributed by atoms with Crippen LogP contribution in [0.15, 0.2) is 35.1 Å². The van der Waals surface area contributed by atoms with E-state index in [-0.39, 0.29) is 11.9 Å². The van der Waals surface area contributed by atoms with E-state index < -0.39 is 6.10 Å². The van der Waals surface area contributed by atoms with Gasteiger partial charge in [0.15, 0.2) is 11.5 Å². The molecule has 1 aromatic carbocycles. The largest absolute Gasteiger partial charge is 0.498 e. The van der Waals surface area contributed by atoms with E-state index in [1.54, 1.807) is 27.4 Å². The van der Waals surface area contributed by atoms with Crippen LogP contribution in [-0.4, -0.2) is 51.6 Å². The van der Waals surface area contributed by atoms with Crippen molar-refractivity contribution in [3.8, 4) is 17.2 Å². The Labute approximate surface area is 177 Å². The quantitative estimate of drug-likeness (QED) is 0.769. The number of aryl methyl sites for hydroxylation is 1. The monoisotopic (exact) mass is 415 g/mol. The molecule has 162 valence electrons. The first-order valence-electron chi connectivity index (χ1n) is 9.82. The third-order valence-electron chi connectivity index (χ3n) is 5.52. The van der Waals surface area contributed by atoms with Gasteiger partial charge in [-0.2, -0.15) is 0 Å². The number of aliphatic hydroxyl groups excluding tert-OH is 1. The molecule has 0 fully saturated rings. The summed E-state index contributed by atoms with van der Waals surface area (Å²) in [5.74, 6) is 1.95. The molecule has 1 amide bonds. The summed E-state index contributed by atoms with van der Waals surface area (Å²) < 4.78 is 22.4. The van der Waals surface area contributed by atoms with Crippen molar-refractivity contribution in [1.82, 2.24) is 5.32 Å². The van der Waals surface area contributed by atoms with Crippen LogP contribution in [0.25, 0.3) is 5.57 Å². The van der Waals surface area contributed by atoms with Gasteiger partial charge in [0.2, 0.25) is 11.7 Å². The highest BCUT2D eigenvalue weighted by atomic mass is 16.5. The Bertz CT molecular complexity index is 944. The number of hydrogen-bond donors (Lipinski definition) is 2. The molecular weight excluding hydrogens is 386 g/mol. The molecule has 0 saturated carbocycles. The maximum absolute atomic E-state index is 11.9. The Morgan fingerprint density at radius 2 is 1.80 bits per heavy atom. The SMILES string of the molecule is COC1=C(C)C=C2C(=C[C@@H]1O)[C@@H](NC(C)=O)CCc1cc(OC)c(OC)c(OC)c12. The van der Waals surface area contributed by atoms with Crippen LogP contribution in [0.5, 0.6) is 17.2 Å². The lowest BCUT2D eigenvalue weighted by molar-refractivity contribution is -0.119. The number of nitrogens with one attached hydrogen (secondary N) is 1. The van der Waals surface area contributed by atoms with E-state index >= 15 is 0 Å². The molecule has 2 aliphatic rings. The summed E-state index contributed by atoms with van der Waals surface area (Å²) >= 11 is 0. The van der Waals surface area contributed by atoms with Gasteiger partial charge in [-0.05, 0) is 60.3 Å². The number of aliphatic hydroxyl groups is 1. The average molecular weight is 415 g/mol. The second-order valence-corrected chi connectivity index (χ2v) is 7.35. The molecule has 3 rings (SSSR count). The van der Waals surface area contributed by atoms with Gasteiger partial charge in [-0.15, -0.1) is 0 Å². The summed E-state index contributed by atoms with van der Waals surface area (Å²) in [6.07, 6.45) is 4.12. The van der Waals surface area contributed by atoms with E-state index in [1.165, 1.54) is 14.0 Å². The van der Waals surface area contributed by atoms with E-state index in [2.05, 4.69) is 5.32 Å². The van der Waals surface area contributed by atoms with Crippen molar-refractivity contribution >= 4 is 11.5 Å². The molecule has 7 nitrogen and oxygen atoms in total. The van der Waals surface area contributed by atoms with Crippen molar-refractivity contribution in [2.24, 2.45) is 0 Å². The third kappa shape index (κ3) is 3.77. The fourth-order valence-corrected chi connectivity index (χ4v) is 4.29. The normalized spacial score (nSPS) is 20.6. The number of fused-ring (bicyclic) bond motifs is 3. The van der Waals surface area contributed by atoms with Crippen LogP contribution in [0.1, 0.15) is 31.4 Å². The lowest BCUT2D eigenvalue weighted by Crippen LogP contribution is -2.35. The zero-order valence-electron chi connectivity index (χ0n) is 18.3. The number of benzene rings is 1. The second kappa shape index (κ2) is 8.83. The Kier molecular flexibility index (Phi) is 6.41. The Morgan fingerprint density at radius 1 is 1.10 bits per heavy atom. The van der Waals surface area contributed by atoms with Crippen molar-refractivity contribution in [2.45, 2.75) is 38.8 Å². The fraction of sp³-hybridized carbons (Fsp3) is 0.435. The van der Waals surface area contributed by atoms with Crippen molar-refractivity contribution in [1.29, 1.82) is 0 Å². The highest BCUT2D eigenvalue weighted by Gasteiger charge is 2.33. The molecule has 2 N–H and O–H groups in total. The zero-order chi connectivity index (χ0) is 22.0. The molecule has 0 radical (unpaired) electrons. The Morgan fingerprint density at radius 3 is 2.37 bits per heavy atom. The van der Waals surface area contributed by atoms with Crippen LogP contribution in [-0.2, 0) is 16.0 Å². The zero-order valence-corrected chi connectivity index (χ0v) is 18.3. The summed E-state index contributed by atoms with van der Waals surface area (Å²) in [4.78, 5) is 11.9. The van der Waals surface area contributed by atoms with Crippen molar-refractivity contribution < 1.29 is 28.8 Å². The molecule has 1 aromatic rings. The van der Waals surface area contributed by atoms with E-state index in [0.717, 1.165) is 27.8 Å². The number of amides is 1. The number of carbonyl (C=O) groups is 1. The number of carbonyl (C=O) groups excluding carboxylic acids is 1. The molecule has 2 atom stereocenters. The number of methoxy groups -OCH3 is 4. The van der Waals surface area contributed by atoms with Gasteiger partial charge in [0.1, 0.15) is 11.9 Å². The molecule has 2 aliphatic carbocycles. The lowest BCUT2D eigenvalue weighted by atomic mass is 9.90. The topological polar surface area (TPSA) is 86.3 Å². The second-order valence-electron chi connectivity index (χ2n) is 7.35. The van der Waals surface area contributed by atoms with E-state index in [0.29, 0.717) is 35.8 Å². The maximum Gasteiger partial charge on any atom is 0.217 e. The molecule has 0 saturated heterocycles. The minimum Gasteiger partial charge on any atom is -0.498 e. The molecule has 0 aliphatic heterocycles. The number of allylic oxidation sites excluding steroid dienone is 2. The van der Waals surface area contributed by atoms with Gasteiger partial charge >= 0.3 is 0 Å². The minimum atomic E-state index is -0.928. The summed E-state index contributed by atoms with van der Waals surface area (Å²) in [6.45, 7) is 3.38. The predicted octanol–water partition coefficient (Wildman–Crippen LogP) is 2.77. The van der Waals surface area contributed by atoms with Gasteiger partial charge in [-0.25, -0.2) is 0 Å². The number of ether oxygens (including phenoxy) is 4. The standard InChI is InChI=1S/C23H29NO6/c1-12-9-16-15(11-18(26)21(12)28-4)17(24-13(2)25)8-7-14-10-19(27-3)22(29-5)23(30-6)20(14)16/h9-11,17-18,26H,7-8H2,1-6H3,(H,24,25)/t17-,18-/m0/s1. The van der Waals surface area contributed by atoms with Crippen molar-refractivity contribution in [2.75, 3.05) is 28.4 Å². The van der Waals surface area contributed by atoms with Gasteiger partial charge in [0.25, 0.3) is 0 Å². The molecule has 0 spiro atoms. The highest BCUT2D eigenvalue weighted by Crippen LogP contribution is 2.49. The summed E-state index contributed by atoms with van der Waals surface area (Å²) in [6, 6.07) is 1.67. The van der Waals surface area contributed by atoms with E-state index in [9.17, 15) is 9.90 Å². The third-order valence-corrected chi connectivity index (χ3v) is 5.52. The van der Waals surface area contributed by atoms with Crippen molar-refractivity contribution in [3.05, 3.63) is 46.3 Å². The molecule has 0 unspecified atom stereocenters. The molecular formula is C23H29NO6.